The zero-order valence-corrected chi connectivity index (χ0v) is 17.1. The van der Waals surface area contributed by atoms with Gasteiger partial charge in [0.1, 0.15) is 0 Å². The molecule has 10 nitrogen and oxygen atoms in total. The number of hydrogen-bond donors (Lipinski definition) is 1. The monoisotopic (exact) mass is 442 g/mol. The van der Waals surface area contributed by atoms with Gasteiger partial charge in [0.2, 0.25) is 5.91 Å². The molecule has 4 aromatic rings. The quantitative estimate of drug-likeness (QED) is 0.260. The molecule has 0 atom stereocenters. The number of aromatic nitrogens is 4. The number of amides is 1. The Balaban J connectivity index is 1.38. The van der Waals surface area contributed by atoms with Crippen LogP contribution in [-0.2, 0) is 11.8 Å². The third kappa shape index (κ3) is 4.23. The van der Waals surface area contributed by atoms with E-state index in [2.05, 4.69) is 20.5 Å². The van der Waals surface area contributed by atoms with Crippen LogP contribution in [0.25, 0.3) is 22.8 Å². The van der Waals surface area contributed by atoms with Crippen LogP contribution < -0.4 is 5.32 Å². The van der Waals surface area contributed by atoms with Gasteiger partial charge >= 0.3 is 0 Å². The summed E-state index contributed by atoms with van der Waals surface area (Å²) in [5.41, 5.74) is 1.16. The average molecular weight is 442 g/mol. The van der Waals surface area contributed by atoms with Crippen molar-refractivity contribution in [1.29, 1.82) is 0 Å². The van der Waals surface area contributed by atoms with Crippen LogP contribution in [0.15, 0.2) is 57.6 Å². The number of furan rings is 1. The first kappa shape index (κ1) is 19.8. The molecule has 1 aromatic carbocycles. The minimum Gasteiger partial charge on any atom is -0.461 e. The van der Waals surface area contributed by atoms with Gasteiger partial charge in [0.05, 0.1) is 22.6 Å². The second-order valence-corrected chi connectivity index (χ2v) is 7.83. The van der Waals surface area contributed by atoms with Gasteiger partial charge in [-0.1, -0.05) is 23.9 Å². The van der Waals surface area contributed by atoms with E-state index in [4.69, 9.17) is 4.42 Å². The summed E-state index contributed by atoms with van der Waals surface area (Å²) in [4.78, 5) is 27.1. The topological polar surface area (TPSA) is 129 Å². The molecule has 0 bridgehead atoms. The van der Waals surface area contributed by atoms with Gasteiger partial charge in [0, 0.05) is 30.1 Å². The highest BCUT2D eigenvalue weighted by Gasteiger charge is 2.16. The molecule has 0 unspecified atom stereocenters. The highest BCUT2D eigenvalue weighted by Crippen LogP contribution is 2.28. The Hall–Kier alpha value is -3.51. The molecule has 0 spiro atoms. The van der Waals surface area contributed by atoms with E-state index in [1.54, 1.807) is 47.5 Å². The van der Waals surface area contributed by atoms with E-state index < -0.39 is 4.92 Å². The Labute approximate surface area is 178 Å². The lowest BCUT2D eigenvalue weighted by Crippen LogP contribution is -2.14. The largest absolute Gasteiger partial charge is 0.461 e. The molecule has 12 heteroatoms. The van der Waals surface area contributed by atoms with E-state index >= 15 is 0 Å². The van der Waals surface area contributed by atoms with E-state index in [0.29, 0.717) is 33.1 Å². The Morgan fingerprint density at radius 2 is 2.20 bits per heavy atom. The van der Waals surface area contributed by atoms with E-state index in [1.807, 2.05) is 0 Å². The van der Waals surface area contributed by atoms with Crippen LogP contribution in [-0.4, -0.2) is 36.3 Å². The van der Waals surface area contributed by atoms with Gasteiger partial charge in [-0.3, -0.25) is 14.9 Å². The van der Waals surface area contributed by atoms with Gasteiger partial charge in [-0.2, -0.15) is 0 Å². The second kappa shape index (κ2) is 8.47. The van der Waals surface area contributed by atoms with Gasteiger partial charge in [-0.15, -0.1) is 21.5 Å². The summed E-state index contributed by atoms with van der Waals surface area (Å²) in [6.07, 6.45) is 1.56. The minimum atomic E-state index is -0.459. The number of carbonyl (C=O) groups excluding carboxylic acids is 1. The summed E-state index contributed by atoms with van der Waals surface area (Å²) in [5.74, 6) is 1.04. The van der Waals surface area contributed by atoms with Gasteiger partial charge in [0.15, 0.2) is 21.9 Å². The van der Waals surface area contributed by atoms with Crippen molar-refractivity contribution in [2.45, 2.75) is 5.16 Å². The van der Waals surface area contributed by atoms with Crippen molar-refractivity contribution in [1.82, 2.24) is 19.7 Å². The number of rotatable bonds is 7. The molecular formula is C18H14N6O4S2. The maximum atomic E-state index is 12.3. The number of thioether (sulfide) groups is 1. The number of non-ortho nitro benzene ring substituents is 1. The molecule has 3 aromatic heterocycles. The van der Waals surface area contributed by atoms with Crippen molar-refractivity contribution in [3.8, 4) is 22.8 Å². The van der Waals surface area contributed by atoms with Gasteiger partial charge in [-0.25, -0.2) is 4.98 Å². The Morgan fingerprint density at radius 1 is 1.33 bits per heavy atom. The smallest absolute Gasteiger partial charge is 0.270 e. The molecule has 1 N–H and O–H groups in total. The number of carbonyl (C=O) groups is 1. The molecular weight excluding hydrogens is 428 g/mol. The molecule has 0 fully saturated rings. The molecule has 4 rings (SSSR count). The Morgan fingerprint density at radius 3 is 2.97 bits per heavy atom. The molecule has 0 aliphatic rings. The molecule has 30 heavy (non-hydrogen) atoms. The van der Waals surface area contributed by atoms with Crippen LogP contribution >= 0.6 is 23.1 Å². The minimum absolute atomic E-state index is 0.0138. The number of benzene rings is 1. The fourth-order valence-electron chi connectivity index (χ4n) is 2.59. The molecule has 1 amide bonds. The second-order valence-electron chi connectivity index (χ2n) is 6.02. The number of anilines is 1. The zero-order valence-electron chi connectivity index (χ0n) is 15.5. The number of nitrogens with zero attached hydrogens (tertiary/aromatic N) is 5. The predicted molar refractivity (Wildman–Crippen MR) is 112 cm³/mol. The van der Waals surface area contributed by atoms with Crippen LogP contribution in [0.4, 0.5) is 10.8 Å². The number of nitro groups is 1. The SMILES string of the molecule is Cn1c(SCC(=O)Nc2nc(-c3cccc([N+](=O)[O-])c3)cs2)nnc1-c1ccco1. The summed E-state index contributed by atoms with van der Waals surface area (Å²) in [7, 11) is 1.80. The number of thiazole rings is 1. The van der Waals surface area contributed by atoms with Crippen molar-refractivity contribution in [3.05, 3.63) is 58.2 Å². The summed E-state index contributed by atoms with van der Waals surface area (Å²) >= 11 is 2.48. The molecule has 0 saturated heterocycles. The predicted octanol–water partition coefficient (Wildman–Crippen LogP) is 3.84. The standard InChI is InChI=1S/C18H14N6O4S2/c1-23-16(14-6-3-7-28-14)21-22-18(23)30-10-15(25)20-17-19-13(9-29-17)11-4-2-5-12(8-11)24(26)27/h2-9H,10H2,1H3,(H,19,20,25). The number of nitrogens with one attached hydrogen (secondary N) is 1. The van der Waals surface area contributed by atoms with Crippen LogP contribution in [0, 0.1) is 10.1 Å². The van der Waals surface area contributed by atoms with Crippen LogP contribution in [0.1, 0.15) is 0 Å². The van der Waals surface area contributed by atoms with Gasteiger partial charge < -0.3 is 14.3 Å². The van der Waals surface area contributed by atoms with E-state index in [9.17, 15) is 14.9 Å². The molecule has 0 aliphatic heterocycles. The van der Waals surface area contributed by atoms with Crippen molar-refractivity contribution in [2.75, 3.05) is 11.1 Å². The molecule has 0 aliphatic carbocycles. The lowest BCUT2D eigenvalue weighted by atomic mass is 10.1. The fraction of sp³-hybridized carbons (Fsp3) is 0.111. The Bertz CT molecular complexity index is 1200. The summed E-state index contributed by atoms with van der Waals surface area (Å²) in [6, 6.07) is 9.74. The lowest BCUT2D eigenvalue weighted by molar-refractivity contribution is -0.384. The third-order valence-corrected chi connectivity index (χ3v) is 5.79. The maximum Gasteiger partial charge on any atom is 0.270 e. The van der Waals surface area contributed by atoms with Crippen molar-refractivity contribution in [3.63, 3.8) is 0 Å². The molecule has 3 heterocycles. The van der Waals surface area contributed by atoms with Crippen LogP contribution in [0.3, 0.4) is 0 Å². The maximum absolute atomic E-state index is 12.3. The van der Waals surface area contributed by atoms with E-state index in [0.717, 1.165) is 0 Å². The summed E-state index contributed by atoms with van der Waals surface area (Å²) < 4.78 is 7.07. The molecule has 0 saturated carbocycles. The molecule has 152 valence electrons. The van der Waals surface area contributed by atoms with Crippen LogP contribution in [0.2, 0.25) is 0 Å². The summed E-state index contributed by atoms with van der Waals surface area (Å²) in [6.45, 7) is 0. The first-order valence-electron chi connectivity index (χ1n) is 8.57. The Kier molecular flexibility index (Phi) is 5.59. The normalized spacial score (nSPS) is 10.8. The van der Waals surface area contributed by atoms with Gasteiger partial charge in [-0.05, 0) is 12.1 Å². The third-order valence-electron chi connectivity index (χ3n) is 4.01. The van der Waals surface area contributed by atoms with Gasteiger partial charge in [0.25, 0.3) is 5.69 Å². The van der Waals surface area contributed by atoms with Crippen molar-refractivity contribution < 1.29 is 14.1 Å². The molecule has 0 radical (unpaired) electrons. The highest BCUT2D eigenvalue weighted by atomic mass is 32.2. The number of nitro benzene ring substituents is 1. The van der Waals surface area contributed by atoms with E-state index in [1.165, 1.54) is 35.2 Å². The van der Waals surface area contributed by atoms with Crippen LogP contribution in [0.5, 0.6) is 0 Å². The highest BCUT2D eigenvalue weighted by molar-refractivity contribution is 7.99. The average Bonchev–Trinajstić information content (AvgIpc) is 3.48. The summed E-state index contributed by atoms with van der Waals surface area (Å²) in [5, 5.41) is 24.6. The first-order chi connectivity index (χ1) is 14.5. The first-order valence-corrected chi connectivity index (χ1v) is 10.4. The zero-order chi connectivity index (χ0) is 21.1. The number of hydrogen-bond acceptors (Lipinski definition) is 9. The fourth-order valence-corrected chi connectivity index (χ4v) is 4.04. The van der Waals surface area contributed by atoms with Crippen molar-refractivity contribution >= 4 is 39.8 Å². The van der Waals surface area contributed by atoms with E-state index in [-0.39, 0.29) is 17.3 Å². The lowest BCUT2D eigenvalue weighted by Gasteiger charge is -2.03. The van der Waals surface area contributed by atoms with Crippen molar-refractivity contribution in [2.24, 2.45) is 7.05 Å².